The van der Waals surface area contributed by atoms with Crippen LogP contribution in [0.3, 0.4) is 0 Å². The molecule has 0 amide bonds. The van der Waals surface area contributed by atoms with E-state index in [1.54, 1.807) is 0 Å². The third kappa shape index (κ3) is 6.74. The van der Waals surface area contributed by atoms with Crippen LogP contribution in [0.5, 0.6) is 0 Å². The van der Waals surface area contributed by atoms with Gasteiger partial charge in [-0.15, -0.1) is 0 Å². The molecule has 0 atom stereocenters. The molecule has 0 aliphatic carbocycles. The number of hydrogen-bond donors (Lipinski definition) is 0. The Morgan fingerprint density at radius 3 is 1.46 bits per heavy atom. The SMILES string of the molecule is c1ccc(N(c2ccccc2)c2ccccc2-c2cc(-c3ccc4c5c6ccccc6ccc5n(-c5ccccc5)c4c3)cc(-c3cccc4c3c3cc5ccccc5cc3n4-c3ccccc3)c2)cc1. The Labute approximate surface area is 412 Å². The number of para-hydroxylation sites is 5. The molecule has 0 aliphatic heterocycles. The highest BCUT2D eigenvalue weighted by Crippen LogP contribution is 2.46. The van der Waals surface area contributed by atoms with Gasteiger partial charge in [0.15, 0.2) is 0 Å². The summed E-state index contributed by atoms with van der Waals surface area (Å²) in [5.74, 6) is 0. The third-order valence-electron chi connectivity index (χ3n) is 14.4. The first-order valence-corrected chi connectivity index (χ1v) is 24.4. The van der Waals surface area contributed by atoms with Crippen LogP contribution in [0.25, 0.3) is 110 Å². The molecule has 332 valence electrons. The van der Waals surface area contributed by atoms with E-state index in [0.29, 0.717) is 0 Å². The van der Waals surface area contributed by atoms with E-state index in [1.165, 1.54) is 70.7 Å². The molecule has 0 unspecified atom stereocenters. The van der Waals surface area contributed by atoms with E-state index in [1.807, 2.05) is 0 Å². The molecule has 12 aromatic carbocycles. The average molecular weight is 904 g/mol. The predicted molar refractivity (Wildman–Crippen MR) is 301 cm³/mol. The van der Waals surface area contributed by atoms with Crippen molar-refractivity contribution >= 4 is 82.2 Å². The lowest BCUT2D eigenvalue weighted by Crippen LogP contribution is -2.10. The van der Waals surface area contributed by atoms with Crippen molar-refractivity contribution in [3.05, 3.63) is 273 Å². The van der Waals surface area contributed by atoms with Gasteiger partial charge < -0.3 is 14.0 Å². The molecule has 71 heavy (non-hydrogen) atoms. The summed E-state index contributed by atoms with van der Waals surface area (Å²) in [7, 11) is 0. The van der Waals surface area contributed by atoms with Crippen LogP contribution in [0.1, 0.15) is 0 Å². The van der Waals surface area contributed by atoms with Crippen LogP contribution in [0.4, 0.5) is 17.1 Å². The van der Waals surface area contributed by atoms with Gasteiger partial charge in [0.1, 0.15) is 0 Å². The van der Waals surface area contributed by atoms with Crippen LogP contribution in [0.15, 0.2) is 273 Å². The average Bonchev–Trinajstić information content (AvgIpc) is 3.96. The normalized spacial score (nSPS) is 11.7. The molecule has 14 aromatic rings. The summed E-state index contributed by atoms with van der Waals surface area (Å²) in [5, 5.41) is 9.91. The summed E-state index contributed by atoms with van der Waals surface area (Å²) >= 11 is 0. The zero-order chi connectivity index (χ0) is 46.8. The Kier molecular flexibility index (Phi) is 9.53. The van der Waals surface area contributed by atoms with Gasteiger partial charge in [-0.1, -0.05) is 170 Å². The molecule has 0 saturated heterocycles. The first kappa shape index (κ1) is 40.6. The number of hydrogen-bond acceptors (Lipinski definition) is 1. The summed E-state index contributed by atoms with van der Waals surface area (Å²) in [6, 6.07) is 99.9. The lowest BCUT2D eigenvalue weighted by Gasteiger charge is -2.28. The van der Waals surface area contributed by atoms with Crippen molar-refractivity contribution in [2.45, 2.75) is 0 Å². The Hall–Kier alpha value is -9.44. The minimum Gasteiger partial charge on any atom is -0.310 e. The van der Waals surface area contributed by atoms with Crippen molar-refractivity contribution in [2.75, 3.05) is 4.90 Å². The van der Waals surface area contributed by atoms with Gasteiger partial charge in [0.2, 0.25) is 0 Å². The number of rotatable bonds is 8. The summed E-state index contributed by atoms with van der Waals surface area (Å²) in [6.45, 7) is 0. The lowest BCUT2D eigenvalue weighted by atomic mass is 9.90. The molecule has 0 bridgehead atoms. The highest BCUT2D eigenvalue weighted by Gasteiger charge is 2.22. The van der Waals surface area contributed by atoms with Crippen molar-refractivity contribution in [2.24, 2.45) is 0 Å². The maximum Gasteiger partial charge on any atom is 0.0547 e. The third-order valence-corrected chi connectivity index (χ3v) is 14.4. The highest BCUT2D eigenvalue weighted by atomic mass is 15.1. The van der Waals surface area contributed by atoms with E-state index >= 15 is 0 Å². The number of fused-ring (bicyclic) bond motifs is 9. The minimum absolute atomic E-state index is 1.10. The summed E-state index contributed by atoms with van der Waals surface area (Å²) in [6.07, 6.45) is 0. The van der Waals surface area contributed by atoms with Gasteiger partial charge in [0.25, 0.3) is 0 Å². The van der Waals surface area contributed by atoms with Crippen molar-refractivity contribution in [1.29, 1.82) is 0 Å². The summed E-state index contributed by atoms with van der Waals surface area (Å²) < 4.78 is 4.89. The Bertz CT molecular complexity index is 4280. The topological polar surface area (TPSA) is 13.1 Å². The largest absolute Gasteiger partial charge is 0.310 e. The molecule has 0 N–H and O–H groups in total. The van der Waals surface area contributed by atoms with Crippen LogP contribution in [0.2, 0.25) is 0 Å². The standard InChI is InChI=1S/C68H45N3/c1-5-23-53(24-6-1)69(54-25-7-2-8-26-54)62-34-18-17-31-57(62)51-40-50(49-36-38-60-65(45-49)71(56-29-11-4-12-30-56)64-39-37-46-20-15-16-32-58(46)67(60)64)41-52(42-51)59-33-19-35-63-68(59)61-43-47-21-13-14-22-48(47)44-66(61)70(63)55-27-9-3-10-28-55/h1-45H. The van der Waals surface area contributed by atoms with E-state index < -0.39 is 0 Å². The second kappa shape index (κ2) is 16.7. The van der Waals surface area contributed by atoms with Gasteiger partial charge >= 0.3 is 0 Å². The molecule has 0 saturated carbocycles. The summed E-state index contributed by atoms with van der Waals surface area (Å²) in [4.78, 5) is 2.38. The van der Waals surface area contributed by atoms with Crippen molar-refractivity contribution in [1.82, 2.24) is 9.13 Å². The van der Waals surface area contributed by atoms with E-state index in [0.717, 1.165) is 56.3 Å². The maximum absolute atomic E-state index is 2.45. The first-order valence-electron chi connectivity index (χ1n) is 24.4. The highest BCUT2D eigenvalue weighted by molar-refractivity contribution is 6.22. The minimum atomic E-state index is 1.10. The van der Waals surface area contributed by atoms with Gasteiger partial charge in [-0.05, 0) is 152 Å². The van der Waals surface area contributed by atoms with Gasteiger partial charge in [0, 0.05) is 49.9 Å². The molecule has 2 heterocycles. The van der Waals surface area contributed by atoms with Gasteiger partial charge in [0.05, 0.1) is 27.8 Å². The molecule has 14 rings (SSSR count). The van der Waals surface area contributed by atoms with Crippen LogP contribution >= 0.6 is 0 Å². The van der Waals surface area contributed by atoms with Crippen LogP contribution in [-0.2, 0) is 0 Å². The lowest BCUT2D eigenvalue weighted by molar-refractivity contribution is 1.18. The maximum atomic E-state index is 2.45. The molecule has 0 aliphatic rings. The molecular weight excluding hydrogens is 859 g/mol. The number of nitrogens with zero attached hydrogens (tertiary/aromatic N) is 3. The van der Waals surface area contributed by atoms with Gasteiger partial charge in [-0.2, -0.15) is 0 Å². The van der Waals surface area contributed by atoms with Gasteiger partial charge in [-0.25, -0.2) is 0 Å². The quantitative estimate of drug-likeness (QED) is 0.148. The molecular formula is C68H45N3. The van der Waals surface area contributed by atoms with Crippen LogP contribution < -0.4 is 4.90 Å². The second-order valence-electron chi connectivity index (χ2n) is 18.5. The fraction of sp³-hybridized carbons (Fsp3) is 0. The Balaban J connectivity index is 1.07. The Morgan fingerprint density at radius 2 is 0.775 bits per heavy atom. The first-order chi connectivity index (χ1) is 35.2. The zero-order valence-corrected chi connectivity index (χ0v) is 38.8. The fourth-order valence-corrected chi connectivity index (χ4v) is 11.3. The Morgan fingerprint density at radius 1 is 0.254 bits per heavy atom. The second-order valence-corrected chi connectivity index (χ2v) is 18.5. The molecule has 2 aromatic heterocycles. The zero-order valence-electron chi connectivity index (χ0n) is 38.8. The number of benzene rings is 12. The molecule has 0 radical (unpaired) electrons. The van der Waals surface area contributed by atoms with E-state index in [2.05, 4.69) is 287 Å². The van der Waals surface area contributed by atoms with Crippen molar-refractivity contribution in [3.63, 3.8) is 0 Å². The molecule has 3 nitrogen and oxygen atoms in total. The summed E-state index contributed by atoms with van der Waals surface area (Å²) in [5.41, 5.74) is 17.2. The molecule has 3 heteroatoms. The predicted octanol–water partition coefficient (Wildman–Crippen LogP) is 18.7. The fourth-order valence-electron chi connectivity index (χ4n) is 11.3. The van der Waals surface area contributed by atoms with Crippen molar-refractivity contribution in [3.8, 4) is 44.8 Å². The molecule has 0 fully saturated rings. The van der Waals surface area contributed by atoms with E-state index in [9.17, 15) is 0 Å². The number of anilines is 3. The monoisotopic (exact) mass is 903 g/mol. The van der Waals surface area contributed by atoms with Crippen LogP contribution in [-0.4, -0.2) is 9.13 Å². The van der Waals surface area contributed by atoms with Crippen LogP contribution in [0, 0.1) is 0 Å². The van der Waals surface area contributed by atoms with Crippen molar-refractivity contribution < 1.29 is 0 Å². The van der Waals surface area contributed by atoms with Gasteiger partial charge in [-0.3, -0.25) is 0 Å². The smallest absolute Gasteiger partial charge is 0.0547 e. The molecule has 0 spiro atoms. The van der Waals surface area contributed by atoms with E-state index in [4.69, 9.17) is 0 Å². The van der Waals surface area contributed by atoms with E-state index in [-0.39, 0.29) is 0 Å². The number of aromatic nitrogens is 2.